The normalized spacial score (nSPS) is 11.1. The quantitative estimate of drug-likeness (QED) is 0.916. The molecule has 2 aromatic rings. The summed E-state index contributed by atoms with van der Waals surface area (Å²) in [6.07, 6.45) is 0.553. The number of aromatic nitrogens is 2. The molecule has 0 aliphatic carbocycles. The van der Waals surface area contributed by atoms with Crippen LogP contribution < -0.4 is 5.32 Å². The SMILES string of the molecule is Cc1nc(Cc2cccc(F)c2)nc(C)c1CNC(C)C. The number of halogens is 1. The third kappa shape index (κ3) is 4.33. The standard InChI is InChI=1S/C17H22FN3/c1-11(2)19-10-16-12(3)20-17(21-13(16)4)9-14-6-5-7-15(18)8-14/h5-8,11,19H,9-10H2,1-4H3. The summed E-state index contributed by atoms with van der Waals surface area (Å²) in [7, 11) is 0. The third-order valence-corrected chi connectivity index (χ3v) is 3.41. The van der Waals surface area contributed by atoms with Gasteiger partial charge < -0.3 is 5.32 Å². The molecule has 0 fully saturated rings. The first-order valence-corrected chi connectivity index (χ1v) is 7.26. The van der Waals surface area contributed by atoms with Crippen LogP contribution >= 0.6 is 0 Å². The van der Waals surface area contributed by atoms with E-state index in [2.05, 4.69) is 29.1 Å². The van der Waals surface area contributed by atoms with E-state index < -0.39 is 0 Å². The molecule has 3 nitrogen and oxygen atoms in total. The molecule has 0 amide bonds. The molecule has 0 bridgehead atoms. The molecule has 21 heavy (non-hydrogen) atoms. The van der Waals surface area contributed by atoms with Crippen LogP contribution in [0.5, 0.6) is 0 Å². The fraction of sp³-hybridized carbons (Fsp3) is 0.412. The zero-order valence-electron chi connectivity index (χ0n) is 13.1. The van der Waals surface area contributed by atoms with Crippen LogP contribution in [0.25, 0.3) is 0 Å². The minimum atomic E-state index is -0.223. The lowest BCUT2D eigenvalue weighted by molar-refractivity contribution is 0.582. The number of aryl methyl sites for hydroxylation is 2. The molecule has 0 saturated carbocycles. The van der Waals surface area contributed by atoms with Crippen LogP contribution in [0.3, 0.4) is 0 Å². The van der Waals surface area contributed by atoms with Crippen LogP contribution in [0, 0.1) is 19.7 Å². The third-order valence-electron chi connectivity index (χ3n) is 3.41. The van der Waals surface area contributed by atoms with Gasteiger partial charge in [-0.15, -0.1) is 0 Å². The van der Waals surface area contributed by atoms with Gasteiger partial charge in [0.25, 0.3) is 0 Å². The summed E-state index contributed by atoms with van der Waals surface area (Å²) >= 11 is 0. The van der Waals surface area contributed by atoms with Crippen LogP contribution in [0.1, 0.15) is 42.2 Å². The molecule has 0 aliphatic rings. The van der Waals surface area contributed by atoms with Crippen LogP contribution in [-0.4, -0.2) is 16.0 Å². The predicted octanol–water partition coefficient (Wildman–Crippen LogP) is 3.32. The zero-order chi connectivity index (χ0) is 15.4. The van der Waals surface area contributed by atoms with Crippen LogP contribution in [0.2, 0.25) is 0 Å². The molecule has 0 radical (unpaired) electrons. The van der Waals surface area contributed by atoms with E-state index in [1.807, 2.05) is 19.9 Å². The van der Waals surface area contributed by atoms with E-state index in [-0.39, 0.29) is 5.82 Å². The van der Waals surface area contributed by atoms with Gasteiger partial charge in [-0.2, -0.15) is 0 Å². The van der Waals surface area contributed by atoms with Gasteiger partial charge >= 0.3 is 0 Å². The second-order valence-electron chi connectivity index (χ2n) is 5.63. The van der Waals surface area contributed by atoms with Crippen LogP contribution in [0.4, 0.5) is 4.39 Å². The van der Waals surface area contributed by atoms with Crippen molar-refractivity contribution in [1.29, 1.82) is 0 Å². The van der Waals surface area contributed by atoms with Gasteiger partial charge in [-0.3, -0.25) is 0 Å². The Bertz CT molecular complexity index is 600. The summed E-state index contributed by atoms with van der Waals surface area (Å²) in [6, 6.07) is 7.01. The molecular weight excluding hydrogens is 265 g/mol. The molecule has 112 valence electrons. The highest BCUT2D eigenvalue weighted by Crippen LogP contribution is 2.13. The number of rotatable bonds is 5. The van der Waals surface area contributed by atoms with E-state index in [0.717, 1.165) is 34.9 Å². The van der Waals surface area contributed by atoms with Crippen LogP contribution in [-0.2, 0) is 13.0 Å². The Morgan fingerprint density at radius 2 is 1.81 bits per heavy atom. The first-order valence-electron chi connectivity index (χ1n) is 7.26. The summed E-state index contributed by atoms with van der Waals surface area (Å²) in [4.78, 5) is 9.13. The molecule has 0 saturated heterocycles. The average Bonchev–Trinajstić information content (AvgIpc) is 2.37. The molecule has 4 heteroatoms. The topological polar surface area (TPSA) is 37.8 Å². The van der Waals surface area contributed by atoms with Gasteiger partial charge in [0, 0.05) is 36.0 Å². The number of nitrogens with one attached hydrogen (secondary N) is 1. The predicted molar refractivity (Wildman–Crippen MR) is 82.7 cm³/mol. The summed E-state index contributed by atoms with van der Waals surface area (Å²) in [5.41, 5.74) is 4.01. The minimum Gasteiger partial charge on any atom is -0.310 e. The molecule has 0 atom stereocenters. The fourth-order valence-electron chi connectivity index (χ4n) is 2.28. The van der Waals surface area contributed by atoms with E-state index >= 15 is 0 Å². The molecule has 0 unspecified atom stereocenters. The van der Waals surface area contributed by atoms with Crippen LogP contribution in [0.15, 0.2) is 24.3 Å². The van der Waals surface area contributed by atoms with Gasteiger partial charge in [0.05, 0.1) is 0 Å². The van der Waals surface area contributed by atoms with Gasteiger partial charge in [0.1, 0.15) is 11.6 Å². The lowest BCUT2D eigenvalue weighted by Crippen LogP contribution is -2.23. The van der Waals surface area contributed by atoms with Crippen molar-refractivity contribution in [3.8, 4) is 0 Å². The Labute approximate surface area is 125 Å². The van der Waals surface area contributed by atoms with E-state index in [1.54, 1.807) is 6.07 Å². The maximum absolute atomic E-state index is 13.2. The molecule has 1 aromatic heterocycles. The van der Waals surface area contributed by atoms with Crippen molar-refractivity contribution in [3.63, 3.8) is 0 Å². The van der Waals surface area contributed by atoms with Crippen molar-refractivity contribution in [3.05, 3.63) is 58.4 Å². The average molecular weight is 287 g/mol. The maximum Gasteiger partial charge on any atom is 0.133 e. The van der Waals surface area contributed by atoms with E-state index in [1.165, 1.54) is 12.1 Å². The van der Waals surface area contributed by atoms with Gasteiger partial charge in [-0.05, 0) is 31.5 Å². The number of hydrogen-bond acceptors (Lipinski definition) is 3. The Hall–Kier alpha value is -1.81. The maximum atomic E-state index is 13.2. The van der Waals surface area contributed by atoms with Crippen molar-refractivity contribution in [2.45, 2.75) is 46.7 Å². The highest BCUT2D eigenvalue weighted by molar-refractivity contribution is 5.27. The Balaban J connectivity index is 2.19. The lowest BCUT2D eigenvalue weighted by Gasteiger charge is -2.13. The van der Waals surface area contributed by atoms with Gasteiger partial charge in [-0.25, -0.2) is 14.4 Å². The minimum absolute atomic E-state index is 0.223. The molecule has 0 aliphatic heterocycles. The number of benzene rings is 1. The molecule has 1 N–H and O–H groups in total. The molecular formula is C17H22FN3. The summed E-state index contributed by atoms with van der Waals surface area (Å²) < 4.78 is 13.2. The summed E-state index contributed by atoms with van der Waals surface area (Å²) in [6.45, 7) is 9.01. The van der Waals surface area contributed by atoms with Gasteiger partial charge in [-0.1, -0.05) is 26.0 Å². The Morgan fingerprint density at radius 3 is 2.38 bits per heavy atom. The largest absolute Gasteiger partial charge is 0.310 e. The van der Waals surface area contributed by atoms with Gasteiger partial charge in [0.15, 0.2) is 0 Å². The van der Waals surface area contributed by atoms with E-state index in [4.69, 9.17) is 0 Å². The monoisotopic (exact) mass is 287 g/mol. The fourth-order valence-corrected chi connectivity index (χ4v) is 2.28. The van der Waals surface area contributed by atoms with Gasteiger partial charge in [0.2, 0.25) is 0 Å². The smallest absolute Gasteiger partial charge is 0.133 e. The van der Waals surface area contributed by atoms with Crippen molar-refractivity contribution >= 4 is 0 Å². The molecule has 0 spiro atoms. The molecule has 2 rings (SSSR count). The highest BCUT2D eigenvalue weighted by Gasteiger charge is 2.09. The van der Waals surface area contributed by atoms with Crippen molar-refractivity contribution in [2.75, 3.05) is 0 Å². The van der Waals surface area contributed by atoms with E-state index in [9.17, 15) is 4.39 Å². The Morgan fingerprint density at radius 1 is 1.14 bits per heavy atom. The lowest BCUT2D eigenvalue weighted by atomic mass is 10.1. The zero-order valence-corrected chi connectivity index (χ0v) is 13.1. The number of hydrogen-bond donors (Lipinski definition) is 1. The summed E-state index contributed by atoms with van der Waals surface area (Å²) in [5.74, 6) is 0.516. The van der Waals surface area contributed by atoms with E-state index in [0.29, 0.717) is 12.5 Å². The van der Waals surface area contributed by atoms with Crippen molar-refractivity contribution in [1.82, 2.24) is 15.3 Å². The molecule has 1 heterocycles. The first-order chi connectivity index (χ1) is 9.95. The highest BCUT2D eigenvalue weighted by atomic mass is 19.1. The second kappa shape index (κ2) is 6.76. The number of nitrogens with zero attached hydrogens (tertiary/aromatic N) is 2. The van der Waals surface area contributed by atoms with Crippen molar-refractivity contribution < 1.29 is 4.39 Å². The first kappa shape index (κ1) is 15.6. The molecule has 1 aromatic carbocycles. The Kier molecular flexibility index (Phi) is 5.02. The summed E-state index contributed by atoms with van der Waals surface area (Å²) in [5, 5.41) is 3.39. The second-order valence-corrected chi connectivity index (χ2v) is 5.63. The van der Waals surface area contributed by atoms with Crippen molar-refractivity contribution in [2.24, 2.45) is 0 Å².